The molecule has 1 aromatic rings. The standard InChI is InChI=1S/C16H28N2O2S/c1-5-6-7-8-9-14(3)18-16-12-15(11-10-13(16)2)21(19,20)17-4/h10-12,14,17-18H,5-9H2,1-4H3. The van der Waals surface area contributed by atoms with Gasteiger partial charge in [0, 0.05) is 11.7 Å². The van der Waals surface area contributed by atoms with Crippen LogP contribution in [0.15, 0.2) is 23.1 Å². The lowest BCUT2D eigenvalue weighted by Crippen LogP contribution is -2.20. The van der Waals surface area contributed by atoms with Crippen molar-refractivity contribution in [2.24, 2.45) is 0 Å². The predicted octanol–water partition coefficient (Wildman–Crippen LogP) is 3.67. The molecule has 0 saturated heterocycles. The molecule has 0 aliphatic rings. The largest absolute Gasteiger partial charge is 0.382 e. The summed E-state index contributed by atoms with van der Waals surface area (Å²) in [7, 11) is -1.96. The van der Waals surface area contributed by atoms with E-state index in [1.807, 2.05) is 13.0 Å². The molecule has 0 bridgehead atoms. The molecule has 2 N–H and O–H groups in total. The predicted molar refractivity (Wildman–Crippen MR) is 89.3 cm³/mol. The molecule has 1 unspecified atom stereocenters. The van der Waals surface area contributed by atoms with Gasteiger partial charge in [-0.1, -0.05) is 38.7 Å². The average molecular weight is 312 g/mol. The lowest BCUT2D eigenvalue weighted by molar-refractivity contribution is 0.587. The Bertz CT molecular complexity index is 541. The summed E-state index contributed by atoms with van der Waals surface area (Å²) >= 11 is 0. The van der Waals surface area contributed by atoms with Crippen LogP contribution in [-0.4, -0.2) is 21.5 Å². The van der Waals surface area contributed by atoms with E-state index in [1.54, 1.807) is 12.1 Å². The van der Waals surface area contributed by atoms with Crippen LogP contribution in [-0.2, 0) is 10.0 Å². The molecule has 0 saturated carbocycles. The lowest BCUT2D eigenvalue weighted by atomic mass is 10.1. The van der Waals surface area contributed by atoms with Crippen molar-refractivity contribution >= 4 is 15.7 Å². The van der Waals surface area contributed by atoms with E-state index in [1.165, 1.54) is 32.7 Å². The maximum absolute atomic E-state index is 11.9. The molecule has 5 heteroatoms. The van der Waals surface area contributed by atoms with E-state index < -0.39 is 10.0 Å². The van der Waals surface area contributed by atoms with Gasteiger partial charge in [-0.15, -0.1) is 0 Å². The second-order valence-electron chi connectivity index (χ2n) is 5.58. The van der Waals surface area contributed by atoms with Crippen molar-refractivity contribution in [1.82, 2.24) is 4.72 Å². The molecule has 1 rings (SSSR count). The molecule has 0 fully saturated rings. The minimum atomic E-state index is -3.39. The lowest BCUT2D eigenvalue weighted by Gasteiger charge is -2.18. The third kappa shape index (κ3) is 5.67. The molecule has 0 spiro atoms. The normalized spacial score (nSPS) is 13.1. The van der Waals surface area contributed by atoms with Crippen LogP contribution in [0.25, 0.3) is 0 Å². The number of rotatable bonds is 9. The van der Waals surface area contributed by atoms with Gasteiger partial charge in [-0.05, 0) is 45.0 Å². The summed E-state index contributed by atoms with van der Waals surface area (Å²) in [5.41, 5.74) is 1.96. The second-order valence-corrected chi connectivity index (χ2v) is 7.47. The third-order valence-corrected chi connectivity index (χ3v) is 5.09. The summed E-state index contributed by atoms with van der Waals surface area (Å²) in [6.07, 6.45) is 6.08. The maximum atomic E-state index is 11.9. The number of aryl methyl sites for hydroxylation is 1. The fourth-order valence-electron chi connectivity index (χ4n) is 2.26. The Hall–Kier alpha value is -1.07. The number of unbranched alkanes of at least 4 members (excludes halogenated alkanes) is 3. The Labute approximate surface area is 129 Å². The van der Waals surface area contributed by atoms with Crippen LogP contribution >= 0.6 is 0 Å². The highest BCUT2D eigenvalue weighted by atomic mass is 32.2. The minimum Gasteiger partial charge on any atom is -0.382 e. The van der Waals surface area contributed by atoms with E-state index in [9.17, 15) is 8.42 Å². The number of anilines is 1. The fourth-order valence-corrected chi connectivity index (χ4v) is 3.01. The van der Waals surface area contributed by atoms with Crippen LogP contribution in [0, 0.1) is 6.92 Å². The van der Waals surface area contributed by atoms with Crippen LogP contribution in [0.1, 0.15) is 51.5 Å². The Balaban J connectivity index is 2.72. The molecule has 0 aliphatic carbocycles. The molecule has 0 radical (unpaired) electrons. The average Bonchev–Trinajstić information content (AvgIpc) is 2.46. The van der Waals surface area contributed by atoms with Gasteiger partial charge in [-0.2, -0.15) is 0 Å². The van der Waals surface area contributed by atoms with E-state index in [-0.39, 0.29) is 0 Å². The molecule has 0 aromatic heterocycles. The Morgan fingerprint density at radius 2 is 1.90 bits per heavy atom. The summed E-state index contributed by atoms with van der Waals surface area (Å²) in [5, 5.41) is 3.43. The fraction of sp³-hybridized carbons (Fsp3) is 0.625. The van der Waals surface area contributed by atoms with Gasteiger partial charge in [0.1, 0.15) is 0 Å². The molecule has 4 nitrogen and oxygen atoms in total. The summed E-state index contributed by atoms with van der Waals surface area (Å²) in [5.74, 6) is 0. The molecular weight excluding hydrogens is 284 g/mol. The maximum Gasteiger partial charge on any atom is 0.240 e. The van der Waals surface area contributed by atoms with Gasteiger partial charge < -0.3 is 5.32 Å². The zero-order chi connectivity index (χ0) is 15.9. The summed E-state index contributed by atoms with van der Waals surface area (Å²) in [6.45, 7) is 6.34. The van der Waals surface area contributed by atoms with Gasteiger partial charge in [0.15, 0.2) is 0 Å². The molecule has 1 aromatic carbocycles. The summed E-state index contributed by atoms with van der Waals surface area (Å²) in [6, 6.07) is 5.53. The smallest absolute Gasteiger partial charge is 0.240 e. The van der Waals surface area contributed by atoms with Gasteiger partial charge in [0.2, 0.25) is 10.0 Å². The SMILES string of the molecule is CCCCCCC(C)Nc1cc(S(=O)(=O)NC)ccc1C. The van der Waals surface area contributed by atoms with Crippen LogP contribution in [0.3, 0.4) is 0 Å². The summed E-state index contributed by atoms with van der Waals surface area (Å²) in [4.78, 5) is 0.302. The number of hydrogen-bond acceptors (Lipinski definition) is 3. The van der Waals surface area contributed by atoms with Crippen molar-refractivity contribution in [2.45, 2.75) is 63.8 Å². The Morgan fingerprint density at radius 1 is 1.19 bits per heavy atom. The van der Waals surface area contributed by atoms with Gasteiger partial charge in [0.25, 0.3) is 0 Å². The third-order valence-electron chi connectivity index (χ3n) is 3.68. The van der Waals surface area contributed by atoms with Gasteiger partial charge in [0.05, 0.1) is 4.90 Å². The molecule has 120 valence electrons. The zero-order valence-electron chi connectivity index (χ0n) is 13.6. The van der Waals surface area contributed by atoms with Crippen molar-refractivity contribution in [2.75, 3.05) is 12.4 Å². The molecule has 0 aliphatic heterocycles. The highest BCUT2D eigenvalue weighted by Crippen LogP contribution is 2.21. The first-order valence-corrected chi connectivity index (χ1v) is 9.19. The Kier molecular flexibility index (Phi) is 7.18. The first-order valence-electron chi connectivity index (χ1n) is 7.71. The number of benzene rings is 1. The number of hydrogen-bond donors (Lipinski definition) is 2. The van der Waals surface area contributed by atoms with Gasteiger partial charge in [-0.25, -0.2) is 13.1 Å². The van der Waals surface area contributed by atoms with Crippen molar-refractivity contribution in [3.05, 3.63) is 23.8 Å². The molecule has 21 heavy (non-hydrogen) atoms. The highest BCUT2D eigenvalue weighted by Gasteiger charge is 2.13. The second kappa shape index (κ2) is 8.39. The molecule has 0 heterocycles. The van der Waals surface area contributed by atoms with Crippen molar-refractivity contribution in [3.63, 3.8) is 0 Å². The van der Waals surface area contributed by atoms with E-state index >= 15 is 0 Å². The van der Waals surface area contributed by atoms with E-state index in [4.69, 9.17) is 0 Å². The van der Waals surface area contributed by atoms with E-state index in [0.717, 1.165) is 17.7 Å². The van der Waals surface area contributed by atoms with Gasteiger partial charge in [-0.3, -0.25) is 0 Å². The van der Waals surface area contributed by atoms with Crippen LogP contribution in [0.5, 0.6) is 0 Å². The van der Waals surface area contributed by atoms with Crippen LogP contribution < -0.4 is 10.0 Å². The van der Waals surface area contributed by atoms with E-state index in [2.05, 4.69) is 23.9 Å². The summed E-state index contributed by atoms with van der Waals surface area (Å²) < 4.78 is 26.1. The van der Waals surface area contributed by atoms with Crippen molar-refractivity contribution in [3.8, 4) is 0 Å². The van der Waals surface area contributed by atoms with Crippen molar-refractivity contribution < 1.29 is 8.42 Å². The topological polar surface area (TPSA) is 58.2 Å². The van der Waals surface area contributed by atoms with Crippen molar-refractivity contribution in [1.29, 1.82) is 0 Å². The Morgan fingerprint density at radius 3 is 2.52 bits per heavy atom. The first kappa shape index (κ1) is 18.0. The van der Waals surface area contributed by atoms with Gasteiger partial charge >= 0.3 is 0 Å². The van der Waals surface area contributed by atoms with E-state index in [0.29, 0.717) is 10.9 Å². The van der Waals surface area contributed by atoms with Crippen LogP contribution in [0.4, 0.5) is 5.69 Å². The van der Waals surface area contributed by atoms with Crippen LogP contribution in [0.2, 0.25) is 0 Å². The minimum absolute atomic E-state index is 0.302. The number of sulfonamides is 1. The highest BCUT2D eigenvalue weighted by molar-refractivity contribution is 7.89. The molecule has 1 atom stereocenters. The quantitative estimate of drug-likeness (QED) is 0.684. The number of nitrogens with one attached hydrogen (secondary N) is 2. The first-order chi connectivity index (χ1) is 9.90. The zero-order valence-corrected chi connectivity index (χ0v) is 14.4. The molecule has 0 amide bonds. The monoisotopic (exact) mass is 312 g/mol. The molecular formula is C16H28N2O2S.